The zero-order chi connectivity index (χ0) is 15.2. The molecule has 21 heavy (non-hydrogen) atoms. The normalized spacial score (nSPS) is 15.3. The fraction of sp³-hybridized carbons (Fsp3) is 0.562. The molecule has 0 bridgehead atoms. The molecule has 1 aliphatic rings. The van der Waals surface area contributed by atoms with Gasteiger partial charge in [0.1, 0.15) is 5.82 Å². The number of nitrogens with zero attached hydrogens (tertiary/aromatic N) is 4. The quantitative estimate of drug-likeness (QED) is 0.941. The van der Waals surface area contributed by atoms with Gasteiger partial charge in [-0.1, -0.05) is 20.8 Å². The van der Waals surface area contributed by atoms with Crippen molar-refractivity contribution in [2.75, 3.05) is 12.4 Å². The molecule has 0 unspecified atom stereocenters. The number of rotatable bonds is 3. The number of anilines is 1. The van der Waals surface area contributed by atoms with Crippen LogP contribution in [0.15, 0.2) is 12.3 Å². The van der Waals surface area contributed by atoms with E-state index in [-0.39, 0.29) is 5.41 Å². The molecule has 0 spiro atoms. The average Bonchev–Trinajstić information content (AvgIpc) is 3.19. The van der Waals surface area contributed by atoms with Gasteiger partial charge < -0.3 is 5.32 Å². The first-order chi connectivity index (χ1) is 9.88. The third kappa shape index (κ3) is 2.77. The van der Waals surface area contributed by atoms with Crippen molar-refractivity contribution in [2.45, 2.75) is 44.9 Å². The summed E-state index contributed by atoms with van der Waals surface area (Å²) in [6.45, 7) is 6.51. The fourth-order valence-corrected chi connectivity index (χ4v) is 2.51. The summed E-state index contributed by atoms with van der Waals surface area (Å²) < 4.78 is 1.85. The molecule has 0 amide bonds. The summed E-state index contributed by atoms with van der Waals surface area (Å²) in [5.41, 5.74) is 3.19. The zero-order valence-corrected chi connectivity index (χ0v) is 13.4. The summed E-state index contributed by atoms with van der Waals surface area (Å²) in [6, 6.07) is 2.06. The van der Waals surface area contributed by atoms with E-state index in [1.165, 1.54) is 12.8 Å². The Labute approximate surface area is 125 Å². The fourth-order valence-electron chi connectivity index (χ4n) is 2.51. The molecule has 5 nitrogen and oxygen atoms in total. The molecule has 1 saturated carbocycles. The smallest absolute Gasteiger partial charge is 0.165 e. The predicted octanol–water partition coefficient (Wildman–Crippen LogP) is 3.09. The third-order valence-electron chi connectivity index (χ3n) is 3.78. The van der Waals surface area contributed by atoms with E-state index >= 15 is 0 Å². The van der Waals surface area contributed by atoms with E-state index in [1.807, 2.05) is 25.0 Å². The Hall–Kier alpha value is -1.91. The number of aromatic nitrogens is 4. The van der Waals surface area contributed by atoms with Gasteiger partial charge in [-0.15, -0.1) is 0 Å². The second kappa shape index (κ2) is 4.83. The third-order valence-corrected chi connectivity index (χ3v) is 3.78. The molecule has 0 saturated heterocycles. The Balaban J connectivity index is 2.14. The first-order valence-corrected chi connectivity index (χ1v) is 7.49. The van der Waals surface area contributed by atoms with Crippen LogP contribution in [0.1, 0.15) is 50.9 Å². The Kier molecular flexibility index (Phi) is 3.23. The molecule has 2 aromatic rings. The first kappa shape index (κ1) is 14.0. The van der Waals surface area contributed by atoms with Gasteiger partial charge in [0.05, 0.1) is 11.3 Å². The van der Waals surface area contributed by atoms with Crippen molar-refractivity contribution in [3.05, 3.63) is 23.7 Å². The lowest BCUT2D eigenvalue weighted by molar-refractivity contribution is 0.554. The van der Waals surface area contributed by atoms with Gasteiger partial charge in [0.2, 0.25) is 0 Å². The van der Waals surface area contributed by atoms with Crippen molar-refractivity contribution in [1.82, 2.24) is 19.7 Å². The molecule has 2 heterocycles. The minimum atomic E-state index is -0.0324. The summed E-state index contributed by atoms with van der Waals surface area (Å²) in [7, 11) is 3.85. The molecule has 0 atom stereocenters. The lowest BCUT2D eigenvalue weighted by atomic mass is 9.89. The summed E-state index contributed by atoms with van der Waals surface area (Å²) in [6.07, 6.45) is 4.49. The van der Waals surface area contributed by atoms with Crippen LogP contribution in [-0.4, -0.2) is 26.8 Å². The Morgan fingerprint density at radius 1 is 1.24 bits per heavy atom. The summed E-state index contributed by atoms with van der Waals surface area (Å²) in [5.74, 6) is 2.26. The van der Waals surface area contributed by atoms with Gasteiger partial charge in [-0.05, 0) is 12.8 Å². The minimum absolute atomic E-state index is 0.0324. The number of hydrogen-bond donors (Lipinski definition) is 1. The second-order valence-corrected chi connectivity index (χ2v) is 6.84. The van der Waals surface area contributed by atoms with E-state index in [9.17, 15) is 0 Å². The average molecular weight is 285 g/mol. The standard InChI is InChI=1S/C16H23N5/c1-16(2,3)14-11(9-21(5)20-14)15-18-12(10-6-7-10)8-13(17-4)19-15/h8-10H,6-7H2,1-5H3,(H,17,18,19). The van der Waals surface area contributed by atoms with Crippen LogP contribution in [0.25, 0.3) is 11.4 Å². The first-order valence-electron chi connectivity index (χ1n) is 7.49. The highest BCUT2D eigenvalue weighted by Gasteiger charge is 2.28. The Morgan fingerprint density at radius 2 is 1.95 bits per heavy atom. The van der Waals surface area contributed by atoms with Crippen molar-refractivity contribution >= 4 is 5.82 Å². The van der Waals surface area contributed by atoms with Crippen LogP contribution in [0.5, 0.6) is 0 Å². The van der Waals surface area contributed by atoms with Gasteiger partial charge in [0.25, 0.3) is 0 Å². The Bertz CT molecular complexity index is 662. The number of aryl methyl sites for hydroxylation is 1. The van der Waals surface area contributed by atoms with Crippen LogP contribution in [0.3, 0.4) is 0 Å². The van der Waals surface area contributed by atoms with E-state index in [0.29, 0.717) is 5.92 Å². The molecule has 112 valence electrons. The lowest BCUT2D eigenvalue weighted by Crippen LogP contribution is -2.14. The second-order valence-electron chi connectivity index (χ2n) is 6.84. The van der Waals surface area contributed by atoms with Crippen LogP contribution in [0.4, 0.5) is 5.82 Å². The molecule has 0 aliphatic heterocycles. The van der Waals surface area contributed by atoms with Crippen LogP contribution >= 0.6 is 0 Å². The monoisotopic (exact) mass is 285 g/mol. The van der Waals surface area contributed by atoms with E-state index in [0.717, 1.165) is 28.6 Å². The molecule has 1 fully saturated rings. The van der Waals surface area contributed by atoms with E-state index < -0.39 is 0 Å². The SMILES string of the molecule is CNc1cc(C2CC2)nc(-c2cn(C)nc2C(C)(C)C)n1. The number of nitrogens with one attached hydrogen (secondary N) is 1. The molecular formula is C16H23N5. The molecule has 1 N–H and O–H groups in total. The zero-order valence-electron chi connectivity index (χ0n) is 13.4. The predicted molar refractivity (Wildman–Crippen MR) is 84.5 cm³/mol. The molecule has 3 rings (SSSR count). The molecule has 5 heteroatoms. The van der Waals surface area contributed by atoms with Crippen molar-refractivity contribution in [1.29, 1.82) is 0 Å². The molecule has 0 radical (unpaired) electrons. The van der Waals surface area contributed by atoms with Crippen LogP contribution in [-0.2, 0) is 12.5 Å². The van der Waals surface area contributed by atoms with Crippen molar-refractivity contribution in [3.8, 4) is 11.4 Å². The molecular weight excluding hydrogens is 262 g/mol. The van der Waals surface area contributed by atoms with E-state index in [4.69, 9.17) is 4.98 Å². The highest BCUT2D eigenvalue weighted by Crippen LogP contribution is 2.40. The highest BCUT2D eigenvalue weighted by atomic mass is 15.3. The summed E-state index contributed by atoms with van der Waals surface area (Å²) in [4.78, 5) is 9.44. The van der Waals surface area contributed by atoms with Crippen molar-refractivity contribution in [3.63, 3.8) is 0 Å². The van der Waals surface area contributed by atoms with Crippen LogP contribution in [0.2, 0.25) is 0 Å². The Morgan fingerprint density at radius 3 is 2.52 bits per heavy atom. The maximum Gasteiger partial charge on any atom is 0.165 e. The van der Waals surface area contributed by atoms with E-state index in [2.05, 4.69) is 42.2 Å². The minimum Gasteiger partial charge on any atom is -0.373 e. The van der Waals surface area contributed by atoms with Crippen molar-refractivity contribution < 1.29 is 0 Å². The lowest BCUT2D eigenvalue weighted by Gasteiger charge is -2.17. The van der Waals surface area contributed by atoms with E-state index in [1.54, 1.807) is 0 Å². The van der Waals surface area contributed by atoms with Gasteiger partial charge in [-0.2, -0.15) is 5.10 Å². The molecule has 0 aromatic carbocycles. The highest BCUT2D eigenvalue weighted by molar-refractivity contribution is 5.61. The molecule has 1 aliphatic carbocycles. The van der Waals surface area contributed by atoms with Crippen molar-refractivity contribution in [2.24, 2.45) is 7.05 Å². The van der Waals surface area contributed by atoms with Gasteiger partial charge in [-0.25, -0.2) is 9.97 Å². The van der Waals surface area contributed by atoms with Gasteiger partial charge in [0.15, 0.2) is 5.82 Å². The summed E-state index contributed by atoms with van der Waals surface area (Å²) >= 11 is 0. The topological polar surface area (TPSA) is 55.6 Å². The van der Waals surface area contributed by atoms with Gasteiger partial charge >= 0.3 is 0 Å². The number of hydrogen-bond acceptors (Lipinski definition) is 4. The maximum absolute atomic E-state index is 4.80. The largest absolute Gasteiger partial charge is 0.373 e. The van der Waals surface area contributed by atoms with Gasteiger partial charge in [-0.3, -0.25) is 4.68 Å². The maximum atomic E-state index is 4.80. The summed E-state index contributed by atoms with van der Waals surface area (Å²) in [5, 5.41) is 7.77. The van der Waals surface area contributed by atoms with Crippen LogP contribution < -0.4 is 5.32 Å². The van der Waals surface area contributed by atoms with Gasteiger partial charge in [0, 0.05) is 43.4 Å². The molecule has 2 aromatic heterocycles. The van der Waals surface area contributed by atoms with Crippen LogP contribution in [0, 0.1) is 0 Å².